The highest BCUT2D eigenvalue weighted by molar-refractivity contribution is 5.40. The maximum absolute atomic E-state index is 13.3. The number of aliphatic hydroxyl groups is 1. The molecule has 27 heavy (non-hydrogen) atoms. The molecule has 3 heterocycles. The summed E-state index contributed by atoms with van der Waals surface area (Å²) in [5.41, 5.74) is 7.34. The molecule has 2 aliphatic rings. The Labute approximate surface area is 157 Å². The van der Waals surface area contributed by atoms with Gasteiger partial charge >= 0.3 is 0 Å². The number of rotatable bonds is 3. The Morgan fingerprint density at radius 1 is 1.19 bits per heavy atom. The standard InChI is InChI=1S/C19H24FN5O2/c1-10-3-4-16(11(2)23-10)27-17-6-13-9-25(8-12(13)5-15(17)26)19-22-7-14(20)18(21)24-19/h3-4,7,12-13,15,17,26H,5-6,8-9H2,1-2H3,(H2,21,22,24)/t12-,13+,15+,17+/m0/s1. The zero-order chi connectivity index (χ0) is 19.1. The van der Waals surface area contributed by atoms with Gasteiger partial charge in [0.2, 0.25) is 5.95 Å². The van der Waals surface area contributed by atoms with Crippen LogP contribution < -0.4 is 15.4 Å². The third-order valence-electron chi connectivity index (χ3n) is 5.58. The first-order valence-electron chi connectivity index (χ1n) is 9.22. The summed E-state index contributed by atoms with van der Waals surface area (Å²) in [6, 6.07) is 3.82. The van der Waals surface area contributed by atoms with Crippen LogP contribution in [0.15, 0.2) is 18.3 Å². The van der Waals surface area contributed by atoms with Crippen molar-refractivity contribution in [3.63, 3.8) is 0 Å². The lowest BCUT2D eigenvalue weighted by Gasteiger charge is -2.35. The third-order valence-corrected chi connectivity index (χ3v) is 5.58. The number of nitrogens with two attached hydrogens (primary N) is 1. The van der Waals surface area contributed by atoms with E-state index in [9.17, 15) is 9.50 Å². The summed E-state index contributed by atoms with van der Waals surface area (Å²) in [7, 11) is 0. The number of nitrogen functional groups attached to an aromatic ring is 1. The van der Waals surface area contributed by atoms with E-state index >= 15 is 0 Å². The van der Waals surface area contributed by atoms with Crippen LogP contribution in [0.1, 0.15) is 24.2 Å². The van der Waals surface area contributed by atoms with Gasteiger partial charge in [-0.1, -0.05) is 0 Å². The molecule has 1 saturated heterocycles. The van der Waals surface area contributed by atoms with Crippen LogP contribution in [0.5, 0.6) is 5.75 Å². The number of hydrogen-bond donors (Lipinski definition) is 2. The predicted octanol–water partition coefficient (Wildman–Crippen LogP) is 1.86. The van der Waals surface area contributed by atoms with Crippen LogP contribution in [0.25, 0.3) is 0 Å². The van der Waals surface area contributed by atoms with E-state index in [4.69, 9.17) is 10.5 Å². The highest BCUT2D eigenvalue weighted by Crippen LogP contribution is 2.39. The zero-order valence-electron chi connectivity index (χ0n) is 15.5. The van der Waals surface area contributed by atoms with Crippen molar-refractivity contribution >= 4 is 11.8 Å². The lowest BCUT2D eigenvalue weighted by molar-refractivity contribution is -0.0236. The van der Waals surface area contributed by atoms with Crippen molar-refractivity contribution < 1.29 is 14.2 Å². The van der Waals surface area contributed by atoms with Crippen LogP contribution in [-0.4, -0.2) is 45.4 Å². The highest BCUT2D eigenvalue weighted by Gasteiger charge is 2.43. The third kappa shape index (κ3) is 3.53. The molecule has 8 heteroatoms. The Morgan fingerprint density at radius 2 is 1.93 bits per heavy atom. The topological polar surface area (TPSA) is 97.4 Å². The molecule has 1 saturated carbocycles. The van der Waals surface area contributed by atoms with Crippen molar-refractivity contribution in [2.45, 2.75) is 38.9 Å². The van der Waals surface area contributed by atoms with E-state index in [1.165, 1.54) is 0 Å². The van der Waals surface area contributed by atoms with E-state index in [2.05, 4.69) is 15.0 Å². The van der Waals surface area contributed by atoms with Gasteiger partial charge < -0.3 is 20.5 Å². The molecular weight excluding hydrogens is 349 g/mol. The number of pyridine rings is 1. The first-order valence-corrected chi connectivity index (χ1v) is 9.22. The van der Waals surface area contributed by atoms with Gasteiger partial charge in [-0.2, -0.15) is 4.98 Å². The molecule has 0 bridgehead atoms. The van der Waals surface area contributed by atoms with Crippen molar-refractivity contribution in [1.82, 2.24) is 15.0 Å². The number of aryl methyl sites for hydroxylation is 2. The Hall–Kier alpha value is -2.48. The van der Waals surface area contributed by atoms with Crippen LogP contribution in [0, 0.1) is 31.5 Å². The fraction of sp³-hybridized carbons (Fsp3) is 0.526. The number of ether oxygens (including phenoxy) is 1. The van der Waals surface area contributed by atoms with E-state index in [1.54, 1.807) is 0 Å². The Bertz CT molecular complexity index is 849. The number of hydrogen-bond acceptors (Lipinski definition) is 7. The molecule has 2 aromatic heterocycles. The van der Waals surface area contributed by atoms with Crippen LogP contribution in [0.4, 0.5) is 16.2 Å². The van der Waals surface area contributed by atoms with E-state index in [0.717, 1.165) is 37.1 Å². The van der Waals surface area contributed by atoms with Crippen LogP contribution in [0.3, 0.4) is 0 Å². The molecule has 1 aliphatic heterocycles. The first kappa shape index (κ1) is 17.9. The molecular formula is C19H24FN5O2. The van der Waals surface area contributed by atoms with Gasteiger partial charge in [-0.15, -0.1) is 0 Å². The summed E-state index contributed by atoms with van der Waals surface area (Å²) in [5, 5.41) is 10.6. The molecule has 0 amide bonds. The van der Waals surface area contributed by atoms with E-state index in [-0.39, 0.29) is 11.9 Å². The Kier molecular flexibility index (Phi) is 4.59. The van der Waals surface area contributed by atoms with Gasteiger partial charge in [0.05, 0.1) is 18.0 Å². The van der Waals surface area contributed by atoms with Crippen LogP contribution >= 0.6 is 0 Å². The number of fused-ring (bicyclic) bond motifs is 1. The summed E-state index contributed by atoms with van der Waals surface area (Å²) >= 11 is 0. The van der Waals surface area contributed by atoms with Crippen molar-refractivity contribution in [3.8, 4) is 5.75 Å². The molecule has 0 aromatic carbocycles. The summed E-state index contributed by atoms with van der Waals surface area (Å²) in [6.45, 7) is 5.32. The van der Waals surface area contributed by atoms with Crippen molar-refractivity contribution in [2.24, 2.45) is 11.8 Å². The van der Waals surface area contributed by atoms with Crippen molar-refractivity contribution in [1.29, 1.82) is 0 Å². The molecule has 1 aliphatic carbocycles. The zero-order valence-corrected chi connectivity index (χ0v) is 15.5. The summed E-state index contributed by atoms with van der Waals surface area (Å²) in [4.78, 5) is 14.6. The molecule has 0 unspecified atom stereocenters. The fourth-order valence-electron chi connectivity index (χ4n) is 4.16. The average molecular weight is 373 g/mol. The van der Waals surface area contributed by atoms with E-state index in [0.29, 0.717) is 30.0 Å². The smallest absolute Gasteiger partial charge is 0.227 e. The maximum atomic E-state index is 13.3. The van der Waals surface area contributed by atoms with Gasteiger partial charge in [-0.3, -0.25) is 4.98 Å². The molecule has 7 nitrogen and oxygen atoms in total. The van der Waals surface area contributed by atoms with Crippen molar-refractivity contribution in [2.75, 3.05) is 23.7 Å². The lowest BCUT2D eigenvalue weighted by Crippen LogP contribution is -2.42. The minimum absolute atomic E-state index is 0.140. The van der Waals surface area contributed by atoms with E-state index in [1.807, 2.05) is 30.9 Å². The Balaban J connectivity index is 1.46. The van der Waals surface area contributed by atoms with Crippen LogP contribution in [-0.2, 0) is 0 Å². The van der Waals surface area contributed by atoms with Gasteiger partial charge in [0, 0.05) is 18.8 Å². The number of aromatic nitrogens is 3. The molecule has 2 fully saturated rings. The molecule has 4 atom stereocenters. The minimum atomic E-state index is -0.610. The average Bonchev–Trinajstić information content (AvgIpc) is 3.02. The summed E-state index contributed by atoms with van der Waals surface area (Å²) < 4.78 is 19.4. The molecule has 0 spiro atoms. The second kappa shape index (κ2) is 6.92. The SMILES string of the molecule is Cc1ccc(O[C@@H]2C[C@@H]3CN(c4ncc(F)c(N)n4)C[C@@H]3C[C@H]2O)c(C)n1. The highest BCUT2D eigenvalue weighted by atomic mass is 19.1. The van der Waals surface area contributed by atoms with Gasteiger partial charge in [0.15, 0.2) is 11.6 Å². The molecule has 144 valence electrons. The van der Waals surface area contributed by atoms with Crippen LogP contribution in [0.2, 0.25) is 0 Å². The fourth-order valence-corrected chi connectivity index (χ4v) is 4.16. The first-order chi connectivity index (χ1) is 12.9. The quantitative estimate of drug-likeness (QED) is 0.847. The summed E-state index contributed by atoms with van der Waals surface area (Å²) in [6.07, 6.45) is 1.69. The monoisotopic (exact) mass is 373 g/mol. The number of aliphatic hydroxyl groups excluding tert-OH is 1. The normalized spacial score (nSPS) is 27.5. The maximum Gasteiger partial charge on any atom is 0.227 e. The van der Waals surface area contributed by atoms with E-state index < -0.39 is 11.9 Å². The van der Waals surface area contributed by atoms with Gasteiger partial charge in [0.1, 0.15) is 11.9 Å². The minimum Gasteiger partial charge on any atom is -0.486 e. The van der Waals surface area contributed by atoms with Gasteiger partial charge in [-0.05, 0) is 50.7 Å². The number of halogens is 1. The lowest BCUT2D eigenvalue weighted by atomic mass is 9.78. The molecule has 3 N–H and O–H groups in total. The second-order valence-electron chi connectivity index (χ2n) is 7.56. The van der Waals surface area contributed by atoms with Crippen molar-refractivity contribution in [3.05, 3.63) is 35.5 Å². The largest absolute Gasteiger partial charge is 0.486 e. The van der Waals surface area contributed by atoms with Gasteiger partial charge in [-0.25, -0.2) is 9.37 Å². The number of anilines is 2. The molecule has 4 rings (SSSR count). The molecule has 0 radical (unpaired) electrons. The van der Waals surface area contributed by atoms with Gasteiger partial charge in [0.25, 0.3) is 0 Å². The second-order valence-corrected chi connectivity index (χ2v) is 7.56. The summed E-state index contributed by atoms with van der Waals surface area (Å²) in [5.74, 6) is 1.08. The Morgan fingerprint density at radius 3 is 2.63 bits per heavy atom. The number of nitrogens with zero attached hydrogens (tertiary/aromatic N) is 4. The molecule has 2 aromatic rings. The predicted molar refractivity (Wildman–Crippen MR) is 99.0 cm³/mol.